The van der Waals surface area contributed by atoms with Crippen molar-refractivity contribution in [3.63, 3.8) is 0 Å². The number of carboxylic acid groups (broad SMARTS) is 1. The lowest BCUT2D eigenvalue weighted by Crippen LogP contribution is -2.46. The average molecular weight is 261 g/mol. The molecule has 2 rings (SSSR count). The minimum Gasteiger partial charge on any atom is -0.480 e. The smallest absolute Gasteiger partial charge is 0.322 e. The molecule has 0 saturated heterocycles. The molecule has 1 atom stereocenters. The van der Waals surface area contributed by atoms with Gasteiger partial charge in [0, 0.05) is 0 Å². The van der Waals surface area contributed by atoms with Crippen LogP contribution in [0.5, 0.6) is 0 Å². The summed E-state index contributed by atoms with van der Waals surface area (Å²) in [4.78, 5) is 11.0. The van der Waals surface area contributed by atoms with Gasteiger partial charge in [0.25, 0.3) is 0 Å². The van der Waals surface area contributed by atoms with E-state index >= 15 is 0 Å². The fraction of sp³-hybridized carbons (Fsp3) is 0.909. The van der Waals surface area contributed by atoms with Gasteiger partial charge in [0.2, 0.25) is 10.0 Å². The Kier molecular flexibility index (Phi) is 3.73. The van der Waals surface area contributed by atoms with Crippen LogP contribution in [0.15, 0.2) is 0 Å². The van der Waals surface area contributed by atoms with Crippen LogP contribution in [0.4, 0.5) is 0 Å². The Bertz CT molecular complexity index is 382. The SMILES string of the molecule is O=C(O)C(NS(=O)(=O)C1CCCCC1)C1CC1. The second-order valence-electron chi connectivity index (χ2n) is 5.08. The van der Waals surface area contributed by atoms with E-state index in [9.17, 15) is 13.2 Å². The normalized spacial score (nSPS) is 24.5. The highest BCUT2D eigenvalue weighted by Gasteiger charge is 2.40. The summed E-state index contributed by atoms with van der Waals surface area (Å²) < 4.78 is 26.5. The van der Waals surface area contributed by atoms with Crippen molar-refractivity contribution in [2.75, 3.05) is 0 Å². The molecule has 1 unspecified atom stereocenters. The molecule has 0 aliphatic heterocycles. The molecule has 0 amide bonds. The summed E-state index contributed by atoms with van der Waals surface area (Å²) >= 11 is 0. The van der Waals surface area contributed by atoms with Gasteiger partial charge in [0.05, 0.1) is 5.25 Å². The number of carboxylic acids is 1. The summed E-state index contributed by atoms with van der Waals surface area (Å²) in [5.74, 6) is -1.06. The molecule has 2 N–H and O–H groups in total. The molecule has 0 aromatic heterocycles. The maximum atomic E-state index is 12.1. The Balaban J connectivity index is 2.01. The van der Waals surface area contributed by atoms with Crippen molar-refractivity contribution in [1.29, 1.82) is 0 Å². The predicted octanol–water partition coefficient (Wildman–Crippen LogP) is 1.10. The van der Waals surface area contributed by atoms with Gasteiger partial charge >= 0.3 is 5.97 Å². The summed E-state index contributed by atoms with van der Waals surface area (Å²) in [6.45, 7) is 0. The first-order chi connectivity index (χ1) is 8.00. The van der Waals surface area contributed by atoms with E-state index in [1.165, 1.54) is 0 Å². The second kappa shape index (κ2) is 4.94. The molecule has 0 aromatic rings. The standard InChI is InChI=1S/C11H19NO4S/c13-11(14)10(8-6-7-8)12-17(15,16)9-4-2-1-3-5-9/h8-10,12H,1-7H2,(H,13,14). The number of nitrogens with one attached hydrogen (secondary N) is 1. The first-order valence-corrected chi connectivity index (χ1v) is 7.79. The van der Waals surface area contributed by atoms with Gasteiger partial charge in [-0.1, -0.05) is 19.3 Å². The van der Waals surface area contributed by atoms with E-state index in [2.05, 4.69) is 4.72 Å². The Morgan fingerprint density at radius 2 is 1.71 bits per heavy atom. The van der Waals surface area contributed by atoms with E-state index in [4.69, 9.17) is 5.11 Å². The Labute approximate surface area is 102 Å². The lowest BCUT2D eigenvalue weighted by Gasteiger charge is -2.24. The summed E-state index contributed by atoms with van der Waals surface area (Å²) in [6, 6.07) is -0.915. The van der Waals surface area contributed by atoms with Crippen LogP contribution in [-0.2, 0) is 14.8 Å². The molecule has 2 aliphatic rings. The maximum Gasteiger partial charge on any atom is 0.322 e. The van der Waals surface area contributed by atoms with Crippen molar-refractivity contribution in [3.8, 4) is 0 Å². The first-order valence-electron chi connectivity index (χ1n) is 6.24. The number of sulfonamides is 1. The van der Waals surface area contributed by atoms with Gasteiger partial charge in [0.1, 0.15) is 6.04 Å². The molecule has 2 aliphatic carbocycles. The van der Waals surface area contributed by atoms with Crippen LogP contribution in [0.2, 0.25) is 0 Å². The minimum atomic E-state index is -3.46. The molecule has 98 valence electrons. The number of rotatable bonds is 5. The van der Waals surface area contributed by atoms with Crippen LogP contribution in [0, 0.1) is 5.92 Å². The van der Waals surface area contributed by atoms with Gasteiger partial charge in [0.15, 0.2) is 0 Å². The van der Waals surface area contributed by atoms with Crippen molar-refractivity contribution in [3.05, 3.63) is 0 Å². The molecule has 0 radical (unpaired) electrons. The zero-order chi connectivity index (χ0) is 12.5. The first kappa shape index (κ1) is 12.8. The predicted molar refractivity (Wildman–Crippen MR) is 63.1 cm³/mol. The molecule has 0 spiro atoms. The topological polar surface area (TPSA) is 83.5 Å². The van der Waals surface area contributed by atoms with Crippen molar-refractivity contribution in [2.24, 2.45) is 5.92 Å². The summed E-state index contributed by atoms with van der Waals surface area (Å²) in [7, 11) is -3.46. The second-order valence-corrected chi connectivity index (χ2v) is 7.07. The monoisotopic (exact) mass is 261 g/mol. The summed E-state index contributed by atoms with van der Waals surface area (Å²) in [5.41, 5.74) is 0. The summed E-state index contributed by atoms with van der Waals surface area (Å²) in [6.07, 6.45) is 5.86. The Hall–Kier alpha value is -0.620. The third-order valence-electron chi connectivity index (χ3n) is 3.64. The lowest BCUT2D eigenvalue weighted by atomic mass is 10.0. The largest absolute Gasteiger partial charge is 0.480 e. The van der Waals surface area contributed by atoms with Crippen LogP contribution < -0.4 is 4.72 Å². The minimum absolute atomic E-state index is 0.00846. The molecule has 6 heteroatoms. The Morgan fingerprint density at radius 1 is 1.12 bits per heavy atom. The highest BCUT2D eigenvalue weighted by Crippen LogP contribution is 2.34. The highest BCUT2D eigenvalue weighted by molar-refractivity contribution is 7.90. The quantitative estimate of drug-likeness (QED) is 0.776. The third-order valence-corrected chi connectivity index (χ3v) is 5.57. The van der Waals surface area contributed by atoms with E-state index in [1.54, 1.807) is 0 Å². The van der Waals surface area contributed by atoms with Crippen molar-refractivity contribution >= 4 is 16.0 Å². The molecule has 0 bridgehead atoms. The van der Waals surface area contributed by atoms with Crippen LogP contribution in [0.1, 0.15) is 44.9 Å². The van der Waals surface area contributed by atoms with Gasteiger partial charge in [-0.05, 0) is 31.6 Å². The molecule has 5 nitrogen and oxygen atoms in total. The molecule has 17 heavy (non-hydrogen) atoms. The molecular formula is C11H19NO4S. The fourth-order valence-corrected chi connectivity index (χ4v) is 4.22. The van der Waals surface area contributed by atoms with E-state index in [1.807, 2.05) is 0 Å². The fourth-order valence-electron chi connectivity index (χ4n) is 2.43. The molecule has 0 heterocycles. The molecule has 2 saturated carbocycles. The zero-order valence-electron chi connectivity index (χ0n) is 9.76. The Morgan fingerprint density at radius 3 is 2.18 bits per heavy atom. The van der Waals surface area contributed by atoms with Crippen molar-refractivity contribution in [2.45, 2.75) is 56.2 Å². The number of aliphatic carboxylic acids is 1. The third kappa shape index (κ3) is 3.19. The zero-order valence-corrected chi connectivity index (χ0v) is 10.6. The lowest BCUT2D eigenvalue weighted by molar-refractivity contribution is -0.139. The number of hydrogen-bond donors (Lipinski definition) is 2. The van der Waals surface area contributed by atoms with Crippen LogP contribution >= 0.6 is 0 Å². The summed E-state index contributed by atoms with van der Waals surface area (Å²) in [5, 5.41) is 8.63. The van der Waals surface area contributed by atoms with Crippen LogP contribution in [0.3, 0.4) is 0 Å². The van der Waals surface area contributed by atoms with E-state index in [0.717, 1.165) is 32.1 Å². The van der Waals surface area contributed by atoms with E-state index < -0.39 is 27.3 Å². The van der Waals surface area contributed by atoms with Crippen LogP contribution in [-0.4, -0.2) is 30.8 Å². The van der Waals surface area contributed by atoms with Crippen molar-refractivity contribution < 1.29 is 18.3 Å². The average Bonchev–Trinajstić information content (AvgIpc) is 3.11. The van der Waals surface area contributed by atoms with E-state index in [0.29, 0.717) is 12.8 Å². The van der Waals surface area contributed by atoms with Crippen molar-refractivity contribution in [1.82, 2.24) is 4.72 Å². The van der Waals surface area contributed by atoms with Gasteiger partial charge in [-0.15, -0.1) is 0 Å². The van der Waals surface area contributed by atoms with Crippen LogP contribution in [0.25, 0.3) is 0 Å². The van der Waals surface area contributed by atoms with Gasteiger partial charge in [-0.25, -0.2) is 13.1 Å². The van der Waals surface area contributed by atoms with Gasteiger partial charge in [-0.3, -0.25) is 4.79 Å². The van der Waals surface area contributed by atoms with Gasteiger partial charge in [-0.2, -0.15) is 0 Å². The number of carbonyl (C=O) groups is 1. The molecular weight excluding hydrogens is 242 g/mol. The highest BCUT2D eigenvalue weighted by atomic mass is 32.2. The number of hydrogen-bond acceptors (Lipinski definition) is 3. The van der Waals surface area contributed by atoms with E-state index in [-0.39, 0.29) is 5.92 Å². The molecule has 2 fully saturated rings. The molecule has 0 aromatic carbocycles. The van der Waals surface area contributed by atoms with Gasteiger partial charge < -0.3 is 5.11 Å². The maximum absolute atomic E-state index is 12.1.